The third-order valence-corrected chi connectivity index (χ3v) is 3.58. The number of hydrogen-bond donors (Lipinski definition) is 1. The van der Waals surface area contributed by atoms with Crippen molar-refractivity contribution in [2.45, 2.75) is 25.1 Å². The van der Waals surface area contributed by atoms with Crippen molar-refractivity contribution in [2.24, 2.45) is 0 Å². The molecule has 0 bridgehead atoms. The van der Waals surface area contributed by atoms with Crippen molar-refractivity contribution in [3.63, 3.8) is 0 Å². The van der Waals surface area contributed by atoms with E-state index < -0.39 is 0 Å². The van der Waals surface area contributed by atoms with E-state index in [4.69, 9.17) is 4.74 Å². The number of hydrogen-bond acceptors (Lipinski definition) is 3. The Bertz CT molecular complexity index is 482. The van der Waals surface area contributed by atoms with Crippen molar-refractivity contribution in [3.05, 3.63) is 35.9 Å². The lowest BCUT2D eigenvalue weighted by Gasteiger charge is -2.08. The topological polar surface area (TPSA) is 55.4 Å². The second kappa shape index (κ2) is 8.53. The summed E-state index contributed by atoms with van der Waals surface area (Å²) in [6.07, 6.45) is 3.78. The summed E-state index contributed by atoms with van der Waals surface area (Å²) in [5.74, 6) is -0.433. The van der Waals surface area contributed by atoms with Crippen molar-refractivity contribution in [2.75, 3.05) is 11.9 Å². The van der Waals surface area contributed by atoms with Crippen LogP contribution in [0.5, 0.6) is 0 Å². The molecule has 1 aromatic rings. The zero-order valence-electron chi connectivity index (χ0n) is 11.6. The zero-order valence-corrected chi connectivity index (χ0v) is 13.1. The molecule has 108 valence electrons. The molecule has 0 radical (unpaired) electrons. The van der Waals surface area contributed by atoms with Crippen LogP contribution in [0.4, 0.5) is 5.69 Å². The Balaban J connectivity index is 2.60. The highest BCUT2D eigenvalue weighted by Crippen LogP contribution is 2.13. The lowest BCUT2D eigenvalue weighted by Crippen LogP contribution is -2.21. The van der Waals surface area contributed by atoms with E-state index in [1.165, 1.54) is 6.08 Å². The molecular formula is C15H18BrNO3. The van der Waals surface area contributed by atoms with Crippen LogP contribution in [0, 0.1) is 0 Å². The fourth-order valence-corrected chi connectivity index (χ4v) is 1.55. The first-order chi connectivity index (χ1) is 9.56. The Hall–Kier alpha value is -1.62. The molecule has 20 heavy (non-hydrogen) atoms. The van der Waals surface area contributed by atoms with Crippen LogP contribution in [-0.2, 0) is 14.3 Å². The van der Waals surface area contributed by atoms with Gasteiger partial charge in [-0.25, -0.2) is 4.79 Å². The Labute approximate surface area is 127 Å². The minimum atomic E-state index is -0.366. The largest absolute Gasteiger partial charge is 0.463 e. The number of amides is 1. The maximum atomic E-state index is 11.7. The SMILES string of the molecule is CCOC(=O)C=Cc1ccc(NC(=O)C(Br)CC)cc1. The number of rotatable bonds is 6. The maximum Gasteiger partial charge on any atom is 0.330 e. The third-order valence-electron chi connectivity index (χ3n) is 2.52. The predicted molar refractivity (Wildman–Crippen MR) is 83.7 cm³/mol. The Kier molecular flexibility index (Phi) is 7.01. The molecular weight excluding hydrogens is 322 g/mol. The van der Waals surface area contributed by atoms with Gasteiger partial charge in [-0.15, -0.1) is 0 Å². The van der Waals surface area contributed by atoms with E-state index in [1.807, 2.05) is 19.1 Å². The van der Waals surface area contributed by atoms with Crippen LogP contribution in [0.25, 0.3) is 6.08 Å². The average molecular weight is 340 g/mol. The van der Waals surface area contributed by atoms with Gasteiger partial charge in [-0.05, 0) is 37.1 Å². The molecule has 1 atom stereocenters. The Morgan fingerprint density at radius 1 is 1.30 bits per heavy atom. The van der Waals surface area contributed by atoms with Crippen LogP contribution >= 0.6 is 15.9 Å². The molecule has 5 heteroatoms. The van der Waals surface area contributed by atoms with Gasteiger partial charge in [-0.1, -0.05) is 35.0 Å². The summed E-state index contributed by atoms with van der Waals surface area (Å²) in [6.45, 7) is 4.05. The van der Waals surface area contributed by atoms with E-state index in [-0.39, 0.29) is 16.7 Å². The third kappa shape index (κ3) is 5.57. The number of esters is 1. The molecule has 1 unspecified atom stereocenters. The molecule has 0 spiro atoms. The van der Waals surface area contributed by atoms with Crippen molar-refractivity contribution in [1.82, 2.24) is 0 Å². The molecule has 1 amide bonds. The highest BCUT2D eigenvalue weighted by atomic mass is 79.9. The van der Waals surface area contributed by atoms with Gasteiger partial charge in [0, 0.05) is 11.8 Å². The lowest BCUT2D eigenvalue weighted by molar-refractivity contribution is -0.137. The van der Waals surface area contributed by atoms with E-state index in [9.17, 15) is 9.59 Å². The van der Waals surface area contributed by atoms with E-state index >= 15 is 0 Å². The number of ether oxygens (including phenoxy) is 1. The van der Waals surface area contributed by atoms with E-state index in [0.717, 1.165) is 17.7 Å². The van der Waals surface area contributed by atoms with Gasteiger partial charge in [0.15, 0.2) is 0 Å². The lowest BCUT2D eigenvalue weighted by atomic mass is 10.2. The number of alkyl halides is 1. The molecule has 0 aliphatic heterocycles. The molecule has 1 N–H and O–H groups in total. The molecule has 0 aliphatic carbocycles. The van der Waals surface area contributed by atoms with Crippen molar-refractivity contribution in [1.29, 1.82) is 0 Å². The van der Waals surface area contributed by atoms with Gasteiger partial charge < -0.3 is 10.1 Å². The number of anilines is 1. The average Bonchev–Trinajstić information content (AvgIpc) is 2.46. The summed E-state index contributed by atoms with van der Waals surface area (Å²) in [7, 11) is 0. The Morgan fingerprint density at radius 3 is 2.50 bits per heavy atom. The summed E-state index contributed by atoms with van der Waals surface area (Å²) in [4.78, 5) is 22.7. The number of halogens is 1. The smallest absolute Gasteiger partial charge is 0.330 e. The van der Waals surface area contributed by atoms with Gasteiger partial charge in [0.25, 0.3) is 0 Å². The summed E-state index contributed by atoms with van der Waals surface area (Å²) in [5.41, 5.74) is 1.59. The highest BCUT2D eigenvalue weighted by Gasteiger charge is 2.11. The van der Waals surface area contributed by atoms with Gasteiger partial charge in [0.2, 0.25) is 5.91 Å². The summed E-state index contributed by atoms with van der Waals surface area (Å²) >= 11 is 3.30. The fourth-order valence-electron chi connectivity index (χ4n) is 1.44. The summed E-state index contributed by atoms with van der Waals surface area (Å²) in [5, 5.41) is 2.80. The first-order valence-corrected chi connectivity index (χ1v) is 7.38. The molecule has 0 fully saturated rings. The normalized spacial score (nSPS) is 12.2. The highest BCUT2D eigenvalue weighted by molar-refractivity contribution is 9.10. The monoisotopic (exact) mass is 339 g/mol. The second-order valence-corrected chi connectivity index (χ2v) is 5.18. The quantitative estimate of drug-likeness (QED) is 0.491. The number of carbonyl (C=O) groups excluding carboxylic acids is 2. The number of nitrogens with one attached hydrogen (secondary N) is 1. The van der Waals surface area contributed by atoms with Crippen molar-refractivity contribution in [3.8, 4) is 0 Å². The molecule has 0 saturated heterocycles. The van der Waals surface area contributed by atoms with Crippen LogP contribution in [-0.4, -0.2) is 23.3 Å². The summed E-state index contributed by atoms with van der Waals surface area (Å²) in [6, 6.07) is 7.22. The maximum absolute atomic E-state index is 11.7. The molecule has 1 rings (SSSR count). The van der Waals surface area contributed by atoms with Crippen LogP contribution in [0.2, 0.25) is 0 Å². The second-order valence-electron chi connectivity index (χ2n) is 4.07. The first kappa shape index (κ1) is 16.4. The van der Waals surface area contributed by atoms with Crippen molar-refractivity contribution < 1.29 is 14.3 Å². The van der Waals surface area contributed by atoms with Crippen molar-refractivity contribution >= 4 is 39.6 Å². The Morgan fingerprint density at radius 2 is 1.95 bits per heavy atom. The van der Waals surface area contributed by atoms with Crippen LogP contribution in [0.3, 0.4) is 0 Å². The van der Waals surface area contributed by atoms with Gasteiger partial charge >= 0.3 is 5.97 Å². The van der Waals surface area contributed by atoms with Gasteiger partial charge in [-0.2, -0.15) is 0 Å². The fraction of sp³-hybridized carbons (Fsp3) is 0.333. The van der Waals surface area contributed by atoms with Gasteiger partial charge in [-0.3, -0.25) is 4.79 Å². The van der Waals surface area contributed by atoms with E-state index in [0.29, 0.717) is 6.61 Å². The molecule has 0 aromatic heterocycles. The molecule has 4 nitrogen and oxygen atoms in total. The zero-order chi connectivity index (χ0) is 15.0. The van der Waals surface area contributed by atoms with Crippen LogP contribution in [0.1, 0.15) is 25.8 Å². The molecule has 0 aliphatic rings. The van der Waals surface area contributed by atoms with Gasteiger partial charge in [0.05, 0.1) is 11.4 Å². The molecule has 0 saturated carbocycles. The minimum absolute atomic E-state index is 0.0673. The molecule has 0 heterocycles. The predicted octanol–water partition coefficient (Wildman–Crippen LogP) is 3.37. The summed E-state index contributed by atoms with van der Waals surface area (Å²) < 4.78 is 4.79. The molecule has 1 aromatic carbocycles. The van der Waals surface area contributed by atoms with Crippen LogP contribution < -0.4 is 5.32 Å². The first-order valence-electron chi connectivity index (χ1n) is 6.46. The van der Waals surface area contributed by atoms with E-state index in [2.05, 4.69) is 21.2 Å². The minimum Gasteiger partial charge on any atom is -0.463 e. The van der Waals surface area contributed by atoms with Gasteiger partial charge in [0.1, 0.15) is 0 Å². The van der Waals surface area contributed by atoms with E-state index in [1.54, 1.807) is 25.1 Å². The number of carbonyl (C=O) groups is 2. The van der Waals surface area contributed by atoms with Crippen LogP contribution in [0.15, 0.2) is 30.3 Å². The number of benzene rings is 1. The standard InChI is InChI=1S/C15H18BrNO3/c1-3-13(16)15(19)17-12-8-5-11(6-9-12)7-10-14(18)20-4-2/h5-10,13H,3-4H2,1-2H3,(H,17,19).